The molecule has 0 bridgehead atoms. The first kappa shape index (κ1) is 14.6. The third-order valence-corrected chi connectivity index (χ3v) is 2.93. The van der Waals surface area contributed by atoms with Crippen LogP contribution in [0.3, 0.4) is 0 Å². The quantitative estimate of drug-likeness (QED) is 0.640. The van der Waals surface area contributed by atoms with E-state index in [0.29, 0.717) is 5.69 Å². The second-order valence-corrected chi connectivity index (χ2v) is 4.34. The van der Waals surface area contributed by atoms with Crippen molar-refractivity contribution in [1.82, 2.24) is 4.57 Å². The molecule has 0 fully saturated rings. The highest BCUT2D eigenvalue weighted by molar-refractivity contribution is 5.97. The van der Waals surface area contributed by atoms with Crippen LogP contribution in [-0.4, -0.2) is 23.4 Å². The maximum absolute atomic E-state index is 13.0. The molecule has 1 heterocycles. The van der Waals surface area contributed by atoms with Gasteiger partial charge in [-0.2, -0.15) is 0 Å². The summed E-state index contributed by atoms with van der Waals surface area (Å²) in [6.45, 7) is 1.32. The van der Waals surface area contributed by atoms with E-state index in [4.69, 9.17) is 0 Å². The first-order valence-electron chi connectivity index (χ1n) is 6.06. The molecule has 0 unspecified atom stereocenters. The van der Waals surface area contributed by atoms with Gasteiger partial charge in [0.25, 0.3) is 5.56 Å². The lowest BCUT2D eigenvalue weighted by Gasteiger charge is -2.09. The molecular formula is C15H12FNO4. The Hall–Kier alpha value is -2.76. The number of rotatable bonds is 3. The van der Waals surface area contributed by atoms with E-state index in [1.54, 1.807) is 0 Å². The van der Waals surface area contributed by atoms with Crippen LogP contribution in [0.5, 0.6) is 0 Å². The molecule has 0 radical (unpaired) electrons. The molecule has 0 aliphatic rings. The molecule has 0 spiro atoms. The largest absolute Gasteiger partial charge is 0.465 e. The third-order valence-electron chi connectivity index (χ3n) is 2.93. The Labute approximate surface area is 119 Å². The Morgan fingerprint density at radius 3 is 2.33 bits per heavy atom. The van der Waals surface area contributed by atoms with Crippen molar-refractivity contribution in [3.8, 4) is 5.69 Å². The van der Waals surface area contributed by atoms with Gasteiger partial charge in [-0.15, -0.1) is 0 Å². The van der Waals surface area contributed by atoms with E-state index in [1.807, 2.05) is 0 Å². The number of benzene rings is 1. The summed E-state index contributed by atoms with van der Waals surface area (Å²) in [7, 11) is 1.14. The monoisotopic (exact) mass is 289 g/mol. The molecule has 0 aliphatic heterocycles. The molecule has 1 aromatic heterocycles. The van der Waals surface area contributed by atoms with Crippen molar-refractivity contribution in [1.29, 1.82) is 0 Å². The van der Waals surface area contributed by atoms with Gasteiger partial charge in [0.15, 0.2) is 5.78 Å². The van der Waals surface area contributed by atoms with Crippen LogP contribution in [0, 0.1) is 5.82 Å². The molecule has 0 N–H and O–H groups in total. The van der Waals surface area contributed by atoms with Crippen LogP contribution in [0.4, 0.5) is 4.39 Å². The van der Waals surface area contributed by atoms with Gasteiger partial charge in [0, 0.05) is 17.4 Å². The number of methoxy groups -OCH3 is 1. The fourth-order valence-corrected chi connectivity index (χ4v) is 1.82. The van der Waals surface area contributed by atoms with Crippen LogP contribution < -0.4 is 5.56 Å². The summed E-state index contributed by atoms with van der Waals surface area (Å²) in [5.74, 6) is -1.60. The molecule has 6 heteroatoms. The number of hydrogen-bond donors (Lipinski definition) is 0. The molecule has 0 aliphatic carbocycles. The highest BCUT2D eigenvalue weighted by atomic mass is 19.1. The summed E-state index contributed by atoms with van der Waals surface area (Å²) in [4.78, 5) is 35.5. The summed E-state index contributed by atoms with van der Waals surface area (Å²) in [5.41, 5.74) is -0.373. The second-order valence-electron chi connectivity index (χ2n) is 4.34. The number of hydrogen-bond acceptors (Lipinski definition) is 4. The summed E-state index contributed by atoms with van der Waals surface area (Å²) in [6.07, 6.45) is 1.31. The Morgan fingerprint density at radius 2 is 1.81 bits per heavy atom. The molecule has 0 amide bonds. The van der Waals surface area contributed by atoms with Crippen LogP contribution in [0.2, 0.25) is 0 Å². The standard InChI is InChI=1S/C15H12FNO4/c1-9(18)10-7-13(15(20)21-2)14(19)17(8-10)12-5-3-11(16)4-6-12/h3-8H,1-2H3. The van der Waals surface area contributed by atoms with Crippen molar-refractivity contribution in [2.75, 3.05) is 7.11 Å². The Balaban J connectivity index is 2.72. The van der Waals surface area contributed by atoms with Gasteiger partial charge in [-0.1, -0.05) is 0 Å². The highest BCUT2D eigenvalue weighted by Gasteiger charge is 2.17. The molecule has 0 saturated carbocycles. The minimum Gasteiger partial charge on any atom is -0.465 e. The molecule has 1 aromatic carbocycles. The van der Waals surface area contributed by atoms with Gasteiger partial charge >= 0.3 is 5.97 Å². The SMILES string of the molecule is COC(=O)c1cc(C(C)=O)cn(-c2ccc(F)cc2)c1=O. The maximum Gasteiger partial charge on any atom is 0.343 e. The Morgan fingerprint density at radius 1 is 1.19 bits per heavy atom. The third kappa shape index (κ3) is 2.89. The summed E-state index contributed by atoms with van der Waals surface area (Å²) in [5, 5.41) is 0. The Bertz CT molecular complexity index is 762. The first-order valence-corrected chi connectivity index (χ1v) is 6.06. The number of carbonyl (C=O) groups is 2. The van der Waals surface area contributed by atoms with E-state index in [-0.39, 0.29) is 16.9 Å². The van der Waals surface area contributed by atoms with E-state index in [1.165, 1.54) is 43.5 Å². The van der Waals surface area contributed by atoms with Crippen molar-refractivity contribution in [3.05, 3.63) is 63.8 Å². The molecule has 5 nitrogen and oxygen atoms in total. The number of ether oxygens (including phenoxy) is 1. The average molecular weight is 289 g/mol. The number of nitrogens with zero attached hydrogens (tertiary/aromatic N) is 1. The number of esters is 1. The highest BCUT2D eigenvalue weighted by Crippen LogP contribution is 2.11. The Kier molecular flexibility index (Phi) is 3.98. The second kappa shape index (κ2) is 5.70. The van der Waals surface area contributed by atoms with Crippen LogP contribution in [0.1, 0.15) is 27.6 Å². The minimum atomic E-state index is -0.834. The lowest BCUT2D eigenvalue weighted by atomic mass is 10.1. The van der Waals surface area contributed by atoms with Crippen molar-refractivity contribution in [3.63, 3.8) is 0 Å². The van der Waals surface area contributed by atoms with E-state index in [0.717, 1.165) is 11.7 Å². The summed E-state index contributed by atoms with van der Waals surface area (Å²) >= 11 is 0. The van der Waals surface area contributed by atoms with Crippen LogP contribution >= 0.6 is 0 Å². The van der Waals surface area contributed by atoms with E-state index in [9.17, 15) is 18.8 Å². The van der Waals surface area contributed by atoms with Crippen molar-refractivity contribution in [2.45, 2.75) is 6.92 Å². The molecule has 0 saturated heterocycles. The topological polar surface area (TPSA) is 65.4 Å². The van der Waals surface area contributed by atoms with Gasteiger partial charge in [0.2, 0.25) is 0 Å². The summed E-state index contributed by atoms with van der Waals surface area (Å²) < 4.78 is 18.6. The van der Waals surface area contributed by atoms with Crippen LogP contribution in [0.25, 0.3) is 5.69 Å². The molecular weight excluding hydrogens is 277 g/mol. The number of aromatic nitrogens is 1. The fraction of sp³-hybridized carbons (Fsp3) is 0.133. The zero-order valence-electron chi connectivity index (χ0n) is 11.4. The van der Waals surface area contributed by atoms with Crippen molar-refractivity contribution in [2.24, 2.45) is 0 Å². The average Bonchev–Trinajstić information content (AvgIpc) is 2.47. The predicted molar refractivity (Wildman–Crippen MR) is 73.3 cm³/mol. The van der Waals surface area contributed by atoms with Crippen molar-refractivity contribution < 1.29 is 18.7 Å². The lowest BCUT2D eigenvalue weighted by molar-refractivity contribution is 0.0598. The van der Waals surface area contributed by atoms with Gasteiger partial charge in [0.05, 0.1) is 7.11 Å². The van der Waals surface area contributed by atoms with E-state index < -0.39 is 17.3 Å². The maximum atomic E-state index is 13.0. The van der Waals surface area contributed by atoms with Gasteiger partial charge in [-0.05, 0) is 37.3 Å². The normalized spacial score (nSPS) is 10.2. The number of ketones is 1. The molecule has 2 aromatic rings. The van der Waals surface area contributed by atoms with Gasteiger partial charge < -0.3 is 4.74 Å². The molecule has 21 heavy (non-hydrogen) atoms. The number of carbonyl (C=O) groups excluding carboxylic acids is 2. The minimum absolute atomic E-state index is 0.180. The number of pyridine rings is 1. The smallest absolute Gasteiger partial charge is 0.343 e. The van der Waals surface area contributed by atoms with Gasteiger partial charge in [0.1, 0.15) is 11.4 Å². The molecule has 108 valence electrons. The zero-order chi connectivity index (χ0) is 15.6. The summed E-state index contributed by atoms with van der Waals surface area (Å²) in [6, 6.07) is 6.31. The predicted octanol–water partition coefficient (Wildman–Crippen LogP) is 1.97. The van der Waals surface area contributed by atoms with Gasteiger partial charge in [-0.25, -0.2) is 9.18 Å². The molecule has 2 rings (SSSR count). The van der Waals surface area contributed by atoms with Crippen LogP contribution in [0.15, 0.2) is 41.3 Å². The first-order chi connectivity index (χ1) is 9.93. The van der Waals surface area contributed by atoms with E-state index in [2.05, 4.69) is 4.74 Å². The lowest BCUT2D eigenvalue weighted by Crippen LogP contribution is -2.26. The van der Waals surface area contributed by atoms with E-state index >= 15 is 0 Å². The number of halogens is 1. The van der Waals surface area contributed by atoms with Crippen LogP contribution in [-0.2, 0) is 4.74 Å². The van der Waals surface area contributed by atoms with Crippen molar-refractivity contribution >= 4 is 11.8 Å². The van der Waals surface area contributed by atoms with Gasteiger partial charge in [-0.3, -0.25) is 14.2 Å². The molecule has 0 atom stereocenters. The number of Topliss-reactive ketones (excluding diaryl/α,β-unsaturated/α-hetero) is 1. The zero-order valence-corrected chi connectivity index (χ0v) is 11.4. The fourth-order valence-electron chi connectivity index (χ4n) is 1.82.